The van der Waals surface area contributed by atoms with E-state index in [0.29, 0.717) is 12.6 Å². The summed E-state index contributed by atoms with van der Waals surface area (Å²) in [5.74, 6) is 0.949. The number of hydrogen-bond acceptors (Lipinski definition) is 3. The number of carbonyl (C=O) groups is 1. The molecule has 4 nitrogen and oxygen atoms in total. The highest BCUT2D eigenvalue weighted by molar-refractivity contribution is 5.85. The normalized spacial score (nSPS) is 25.8. The molecule has 0 aromatic rings. The predicted molar refractivity (Wildman–Crippen MR) is 71.5 cm³/mol. The Balaban J connectivity index is 0.00000144. The molecule has 1 saturated carbocycles. The van der Waals surface area contributed by atoms with Crippen molar-refractivity contribution >= 4 is 18.3 Å². The van der Waals surface area contributed by atoms with E-state index in [-0.39, 0.29) is 18.3 Å². The Morgan fingerprint density at radius 3 is 2.82 bits per heavy atom. The van der Waals surface area contributed by atoms with Gasteiger partial charge in [-0.1, -0.05) is 6.42 Å². The van der Waals surface area contributed by atoms with Gasteiger partial charge in [0.25, 0.3) is 0 Å². The Kier molecular flexibility index (Phi) is 6.23. The van der Waals surface area contributed by atoms with Crippen LogP contribution in [-0.2, 0) is 4.79 Å². The van der Waals surface area contributed by atoms with Gasteiger partial charge in [-0.15, -0.1) is 12.4 Å². The van der Waals surface area contributed by atoms with Crippen molar-refractivity contribution in [2.45, 2.75) is 32.2 Å². The topological polar surface area (TPSA) is 44.4 Å². The van der Waals surface area contributed by atoms with Crippen LogP contribution in [0.3, 0.4) is 0 Å². The molecule has 1 saturated heterocycles. The molecule has 0 radical (unpaired) electrons. The number of carbonyl (C=O) groups excluding carboxylic acids is 1. The summed E-state index contributed by atoms with van der Waals surface area (Å²) in [6, 6.07) is 0.475. The molecule has 1 aliphatic heterocycles. The van der Waals surface area contributed by atoms with E-state index in [9.17, 15) is 4.79 Å². The van der Waals surface area contributed by atoms with Crippen molar-refractivity contribution in [3.8, 4) is 0 Å². The fourth-order valence-corrected chi connectivity index (χ4v) is 2.31. The lowest BCUT2D eigenvalue weighted by atomic mass is 9.85. The fraction of sp³-hybridized carbons (Fsp3) is 0.917. The molecule has 0 unspecified atom stereocenters. The second-order valence-electron chi connectivity index (χ2n) is 5.12. The summed E-state index contributed by atoms with van der Waals surface area (Å²) < 4.78 is 0. The minimum absolute atomic E-state index is 0. The van der Waals surface area contributed by atoms with Gasteiger partial charge in [0.15, 0.2) is 0 Å². The van der Waals surface area contributed by atoms with Gasteiger partial charge in [-0.25, -0.2) is 0 Å². The standard InChI is InChI=1S/C12H23N3O.ClH/c1-10-7-13-5-6-15(10)9-12(16)14-8-11-3-2-4-11;/h10-11,13H,2-9H2,1H3,(H,14,16);1H/t10-;/m0./s1. The highest BCUT2D eigenvalue weighted by Gasteiger charge is 2.21. The molecule has 2 rings (SSSR count). The van der Waals surface area contributed by atoms with Gasteiger partial charge in [0.05, 0.1) is 6.54 Å². The van der Waals surface area contributed by atoms with Crippen LogP contribution >= 0.6 is 12.4 Å². The predicted octanol–water partition coefficient (Wildman–Crippen LogP) is 0.618. The molecule has 1 aliphatic carbocycles. The zero-order valence-electron chi connectivity index (χ0n) is 10.6. The Labute approximate surface area is 110 Å². The Morgan fingerprint density at radius 1 is 1.47 bits per heavy atom. The molecule has 2 fully saturated rings. The van der Waals surface area contributed by atoms with E-state index in [4.69, 9.17) is 0 Å². The molecule has 2 N–H and O–H groups in total. The Morgan fingerprint density at radius 2 is 2.24 bits per heavy atom. The fourth-order valence-electron chi connectivity index (χ4n) is 2.31. The van der Waals surface area contributed by atoms with Crippen molar-refractivity contribution in [2.24, 2.45) is 5.92 Å². The van der Waals surface area contributed by atoms with Gasteiger partial charge in [-0.3, -0.25) is 9.69 Å². The molecule has 0 aromatic carbocycles. The Bertz CT molecular complexity index is 246. The third-order valence-corrected chi connectivity index (χ3v) is 3.80. The molecule has 100 valence electrons. The smallest absolute Gasteiger partial charge is 0.234 e. The van der Waals surface area contributed by atoms with Gasteiger partial charge in [-0.2, -0.15) is 0 Å². The third-order valence-electron chi connectivity index (χ3n) is 3.80. The molecule has 17 heavy (non-hydrogen) atoms. The first kappa shape index (κ1) is 14.7. The summed E-state index contributed by atoms with van der Waals surface area (Å²) in [5.41, 5.74) is 0. The van der Waals surface area contributed by atoms with E-state index in [0.717, 1.165) is 32.1 Å². The third kappa shape index (κ3) is 4.45. The van der Waals surface area contributed by atoms with Crippen molar-refractivity contribution in [3.63, 3.8) is 0 Å². The van der Waals surface area contributed by atoms with E-state index in [1.165, 1.54) is 19.3 Å². The summed E-state index contributed by atoms with van der Waals surface area (Å²) in [6.45, 7) is 6.61. The first-order valence-corrected chi connectivity index (χ1v) is 6.47. The number of hydrogen-bond donors (Lipinski definition) is 2. The highest BCUT2D eigenvalue weighted by Crippen LogP contribution is 2.25. The van der Waals surface area contributed by atoms with Gasteiger partial charge >= 0.3 is 0 Å². The summed E-state index contributed by atoms with van der Waals surface area (Å²) in [6.07, 6.45) is 3.93. The molecular weight excluding hydrogens is 238 g/mol. The van der Waals surface area contributed by atoms with Gasteiger partial charge in [-0.05, 0) is 25.7 Å². The molecule has 1 atom stereocenters. The summed E-state index contributed by atoms with van der Waals surface area (Å²) in [5, 5.41) is 6.38. The zero-order valence-corrected chi connectivity index (χ0v) is 11.4. The molecule has 0 aromatic heterocycles. The van der Waals surface area contributed by atoms with E-state index in [2.05, 4.69) is 22.5 Å². The molecular formula is C12H24ClN3O. The summed E-state index contributed by atoms with van der Waals surface area (Å²) in [7, 11) is 0. The molecule has 1 heterocycles. The number of piperazine rings is 1. The molecule has 0 bridgehead atoms. The minimum Gasteiger partial charge on any atom is -0.355 e. The second kappa shape index (κ2) is 7.19. The highest BCUT2D eigenvalue weighted by atomic mass is 35.5. The van der Waals surface area contributed by atoms with Crippen molar-refractivity contribution < 1.29 is 4.79 Å². The summed E-state index contributed by atoms with van der Waals surface area (Å²) >= 11 is 0. The number of nitrogens with zero attached hydrogens (tertiary/aromatic N) is 1. The van der Waals surface area contributed by atoms with Gasteiger partial charge in [0, 0.05) is 32.2 Å². The summed E-state index contributed by atoms with van der Waals surface area (Å²) in [4.78, 5) is 14.0. The molecule has 1 amide bonds. The maximum absolute atomic E-state index is 11.7. The van der Waals surface area contributed by atoms with Crippen LogP contribution in [0.25, 0.3) is 0 Å². The van der Waals surface area contributed by atoms with Gasteiger partial charge in [0.2, 0.25) is 5.91 Å². The average Bonchev–Trinajstić information content (AvgIpc) is 2.19. The van der Waals surface area contributed by atoms with Gasteiger partial charge < -0.3 is 10.6 Å². The van der Waals surface area contributed by atoms with Crippen molar-refractivity contribution in [1.82, 2.24) is 15.5 Å². The lowest BCUT2D eigenvalue weighted by molar-refractivity contribution is -0.123. The quantitative estimate of drug-likeness (QED) is 0.780. The monoisotopic (exact) mass is 261 g/mol. The van der Waals surface area contributed by atoms with Crippen LogP contribution in [-0.4, -0.2) is 49.6 Å². The number of rotatable bonds is 4. The number of halogens is 1. The van der Waals surface area contributed by atoms with Crippen LogP contribution in [0.5, 0.6) is 0 Å². The second-order valence-corrected chi connectivity index (χ2v) is 5.12. The van der Waals surface area contributed by atoms with Crippen LogP contribution in [0.2, 0.25) is 0 Å². The van der Waals surface area contributed by atoms with Crippen LogP contribution < -0.4 is 10.6 Å². The van der Waals surface area contributed by atoms with Crippen LogP contribution in [0.4, 0.5) is 0 Å². The lowest BCUT2D eigenvalue weighted by Crippen LogP contribution is -2.53. The molecule has 5 heteroatoms. The van der Waals surface area contributed by atoms with Crippen LogP contribution in [0.15, 0.2) is 0 Å². The Hall–Kier alpha value is -0.320. The first-order valence-electron chi connectivity index (χ1n) is 6.47. The maximum atomic E-state index is 11.7. The first-order chi connectivity index (χ1) is 7.75. The number of amides is 1. The average molecular weight is 262 g/mol. The van der Waals surface area contributed by atoms with Crippen LogP contribution in [0, 0.1) is 5.92 Å². The molecule has 2 aliphatic rings. The maximum Gasteiger partial charge on any atom is 0.234 e. The molecule has 0 spiro atoms. The van der Waals surface area contributed by atoms with Crippen molar-refractivity contribution in [3.05, 3.63) is 0 Å². The van der Waals surface area contributed by atoms with E-state index in [1.54, 1.807) is 0 Å². The number of nitrogens with one attached hydrogen (secondary N) is 2. The van der Waals surface area contributed by atoms with Crippen molar-refractivity contribution in [1.29, 1.82) is 0 Å². The lowest BCUT2D eigenvalue weighted by Gasteiger charge is -2.33. The van der Waals surface area contributed by atoms with Crippen molar-refractivity contribution in [2.75, 3.05) is 32.7 Å². The van der Waals surface area contributed by atoms with Gasteiger partial charge in [0.1, 0.15) is 0 Å². The van der Waals surface area contributed by atoms with Crippen LogP contribution in [0.1, 0.15) is 26.2 Å². The largest absolute Gasteiger partial charge is 0.355 e. The van der Waals surface area contributed by atoms with E-state index in [1.807, 2.05) is 0 Å². The SMILES string of the molecule is C[C@H]1CNCCN1CC(=O)NCC1CCC1.Cl. The van der Waals surface area contributed by atoms with E-state index < -0.39 is 0 Å². The zero-order chi connectivity index (χ0) is 11.4. The van der Waals surface area contributed by atoms with E-state index >= 15 is 0 Å². The minimum atomic E-state index is 0.